The molecule has 1 saturated heterocycles. The number of hydrogen-bond donors (Lipinski definition) is 0. The predicted octanol–water partition coefficient (Wildman–Crippen LogP) is 1.95. The quantitative estimate of drug-likeness (QED) is 0.863. The summed E-state index contributed by atoms with van der Waals surface area (Å²) in [4.78, 5) is 12.6. The Bertz CT molecular complexity index is 600. The van der Waals surface area contributed by atoms with Crippen molar-refractivity contribution in [1.82, 2.24) is 9.97 Å². The van der Waals surface area contributed by atoms with Crippen LogP contribution in [0.4, 0.5) is 16.0 Å². The van der Waals surface area contributed by atoms with E-state index < -0.39 is 0 Å². The highest BCUT2D eigenvalue weighted by Gasteiger charge is 2.21. The molecule has 0 radical (unpaired) electrons. The van der Waals surface area contributed by atoms with Gasteiger partial charge in [-0.25, -0.2) is 14.4 Å². The molecule has 0 unspecified atom stereocenters. The van der Waals surface area contributed by atoms with Crippen LogP contribution < -0.4 is 14.5 Å². The van der Waals surface area contributed by atoms with Crippen molar-refractivity contribution in [3.8, 4) is 5.75 Å². The molecule has 3 rings (SSSR count). The molecule has 5 nitrogen and oxygen atoms in total. The maximum atomic E-state index is 14.1. The molecular weight excluding hydrogens is 271 g/mol. The molecule has 1 aliphatic rings. The molecule has 6 heteroatoms. The van der Waals surface area contributed by atoms with Crippen molar-refractivity contribution >= 4 is 11.6 Å². The van der Waals surface area contributed by atoms with Gasteiger partial charge in [-0.3, -0.25) is 0 Å². The van der Waals surface area contributed by atoms with Gasteiger partial charge in [0, 0.05) is 44.6 Å². The number of ether oxygens (including phenoxy) is 1. The third-order valence-corrected chi connectivity index (χ3v) is 3.61. The van der Waals surface area contributed by atoms with E-state index >= 15 is 0 Å². The van der Waals surface area contributed by atoms with Crippen LogP contribution in [-0.2, 0) is 0 Å². The van der Waals surface area contributed by atoms with Crippen molar-refractivity contribution in [3.63, 3.8) is 0 Å². The molecule has 110 valence electrons. The van der Waals surface area contributed by atoms with Crippen LogP contribution in [0.2, 0.25) is 0 Å². The molecule has 1 aliphatic heterocycles. The van der Waals surface area contributed by atoms with Crippen LogP contribution in [0.5, 0.6) is 5.75 Å². The SMILES string of the molecule is COc1ccc(N2CCN(c3ncccn3)CC2)c(F)c1. The first-order valence-corrected chi connectivity index (χ1v) is 6.88. The molecule has 1 aromatic heterocycles. The van der Waals surface area contributed by atoms with E-state index in [0.717, 1.165) is 32.1 Å². The van der Waals surface area contributed by atoms with Crippen LogP contribution in [-0.4, -0.2) is 43.3 Å². The monoisotopic (exact) mass is 288 g/mol. The minimum absolute atomic E-state index is 0.251. The van der Waals surface area contributed by atoms with Gasteiger partial charge >= 0.3 is 0 Å². The lowest BCUT2D eigenvalue weighted by Gasteiger charge is -2.36. The zero-order valence-corrected chi connectivity index (χ0v) is 11.9. The first-order valence-electron chi connectivity index (χ1n) is 6.88. The lowest BCUT2D eigenvalue weighted by atomic mass is 10.2. The Morgan fingerprint density at radius 1 is 1.05 bits per heavy atom. The number of aromatic nitrogens is 2. The fourth-order valence-electron chi connectivity index (χ4n) is 2.47. The van der Waals surface area contributed by atoms with E-state index in [1.165, 1.54) is 13.2 Å². The second kappa shape index (κ2) is 5.95. The van der Waals surface area contributed by atoms with E-state index in [2.05, 4.69) is 14.9 Å². The first kappa shape index (κ1) is 13.6. The largest absolute Gasteiger partial charge is 0.497 e. The van der Waals surface area contributed by atoms with Crippen LogP contribution in [0.25, 0.3) is 0 Å². The molecule has 0 amide bonds. The Labute approximate surface area is 123 Å². The number of rotatable bonds is 3. The molecule has 0 bridgehead atoms. The molecule has 0 spiro atoms. The zero-order valence-electron chi connectivity index (χ0n) is 11.9. The minimum Gasteiger partial charge on any atom is -0.497 e. The zero-order chi connectivity index (χ0) is 14.7. The maximum absolute atomic E-state index is 14.1. The molecule has 0 atom stereocenters. The number of hydrogen-bond acceptors (Lipinski definition) is 5. The van der Waals surface area contributed by atoms with Gasteiger partial charge in [0.2, 0.25) is 5.95 Å². The summed E-state index contributed by atoms with van der Waals surface area (Å²) in [6, 6.07) is 6.77. The Morgan fingerprint density at radius 2 is 1.71 bits per heavy atom. The van der Waals surface area contributed by atoms with Crippen molar-refractivity contribution in [1.29, 1.82) is 0 Å². The predicted molar refractivity (Wildman–Crippen MR) is 79.4 cm³/mol. The van der Waals surface area contributed by atoms with E-state index in [9.17, 15) is 4.39 Å². The second-order valence-corrected chi connectivity index (χ2v) is 4.84. The highest BCUT2D eigenvalue weighted by molar-refractivity contribution is 5.52. The van der Waals surface area contributed by atoms with E-state index in [-0.39, 0.29) is 5.82 Å². The van der Waals surface area contributed by atoms with E-state index in [4.69, 9.17) is 4.74 Å². The van der Waals surface area contributed by atoms with E-state index in [0.29, 0.717) is 11.4 Å². The first-order chi connectivity index (χ1) is 10.3. The number of halogens is 1. The number of benzene rings is 1. The van der Waals surface area contributed by atoms with E-state index in [1.807, 2.05) is 4.90 Å². The Morgan fingerprint density at radius 3 is 2.33 bits per heavy atom. The lowest BCUT2D eigenvalue weighted by molar-refractivity contribution is 0.411. The van der Waals surface area contributed by atoms with Gasteiger partial charge in [-0.05, 0) is 18.2 Å². The molecule has 1 aromatic carbocycles. The van der Waals surface area contributed by atoms with Gasteiger partial charge in [0.1, 0.15) is 11.6 Å². The van der Waals surface area contributed by atoms with Crippen molar-refractivity contribution in [3.05, 3.63) is 42.5 Å². The normalized spacial score (nSPS) is 15.1. The van der Waals surface area contributed by atoms with Crippen LogP contribution in [0.1, 0.15) is 0 Å². The summed E-state index contributed by atoms with van der Waals surface area (Å²) < 4.78 is 19.1. The highest BCUT2D eigenvalue weighted by atomic mass is 19.1. The van der Waals surface area contributed by atoms with Gasteiger partial charge in [-0.2, -0.15) is 0 Å². The number of anilines is 2. The fourth-order valence-corrected chi connectivity index (χ4v) is 2.47. The van der Waals surface area contributed by atoms with Gasteiger partial charge in [-0.15, -0.1) is 0 Å². The number of piperazine rings is 1. The smallest absolute Gasteiger partial charge is 0.225 e. The third kappa shape index (κ3) is 2.89. The highest BCUT2D eigenvalue weighted by Crippen LogP contribution is 2.25. The van der Waals surface area contributed by atoms with Crippen LogP contribution in [0, 0.1) is 5.82 Å². The summed E-state index contributed by atoms with van der Waals surface area (Å²) >= 11 is 0. The molecule has 2 heterocycles. The summed E-state index contributed by atoms with van der Waals surface area (Å²) in [5.74, 6) is 1.01. The van der Waals surface area contributed by atoms with Crippen molar-refractivity contribution in [2.24, 2.45) is 0 Å². The molecule has 21 heavy (non-hydrogen) atoms. The average Bonchev–Trinajstić information content (AvgIpc) is 2.56. The van der Waals surface area contributed by atoms with Crippen molar-refractivity contribution in [2.75, 3.05) is 43.1 Å². The Kier molecular flexibility index (Phi) is 3.85. The molecule has 2 aromatic rings. The molecule has 0 N–H and O–H groups in total. The summed E-state index contributed by atoms with van der Waals surface area (Å²) in [6.07, 6.45) is 3.47. The minimum atomic E-state index is -0.251. The summed E-state index contributed by atoms with van der Waals surface area (Å²) in [5, 5.41) is 0. The summed E-state index contributed by atoms with van der Waals surface area (Å²) in [6.45, 7) is 3.02. The van der Waals surface area contributed by atoms with Crippen molar-refractivity contribution < 1.29 is 9.13 Å². The Hall–Kier alpha value is -2.37. The standard InChI is InChI=1S/C15H17FN4O/c1-21-12-3-4-14(13(16)11-12)19-7-9-20(10-8-19)15-17-5-2-6-18-15/h2-6,11H,7-10H2,1H3. The molecule has 0 saturated carbocycles. The van der Waals surface area contributed by atoms with Gasteiger partial charge < -0.3 is 14.5 Å². The maximum Gasteiger partial charge on any atom is 0.225 e. The van der Waals surface area contributed by atoms with Crippen LogP contribution >= 0.6 is 0 Å². The topological polar surface area (TPSA) is 41.5 Å². The van der Waals surface area contributed by atoms with Gasteiger partial charge in [-0.1, -0.05) is 0 Å². The lowest BCUT2D eigenvalue weighted by Crippen LogP contribution is -2.47. The van der Waals surface area contributed by atoms with Crippen molar-refractivity contribution in [2.45, 2.75) is 0 Å². The summed E-state index contributed by atoms with van der Waals surface area (Å²) in [7, 11) is 1.53. The molecule has 1 fully saturated rings. The van der Waals surface area contributed by atoms with Gasteiger partial charge in [0.05, 0.1) is 12.8 Å². The fraction of sp³-hybridized carbons (Fsp3) is 0.333. The van der Waals surface area contributed by atoms with Gasteiger partial charge in [0.15, 0.2) is 0 Å². The average molecular weight is 288 g/mol. The molecular formula is C15H17FN4O. The Balaban J connectivity index is 1.68. The van der Waals surface area contributed by atoms with E-state index in [1.54, 1.807) is 30.6 Å². The van der Waals surface area contributed by atoms with Crippen LogP contribution in [0.3, 0.4) is 0 Å². The summed E-state index contributed by atoms with van der Waals surface area (Å²) in [5.41, 5.74) is 0.615. The number of nitrogens with zero attached hydrogens (tertiary/aromatic N) is 4. The molecule has 0 aliphatic carbocycles. The van der Waals surface area contributed by atoms with Gasteiger partial charge in [0.25, 0.3) is 0 Å². The third-order valence-electron chi connectivity index (χ3n) is 3.61. The van der Waals surface area contributed by atoms with Crippen LogP contribution in [0.15, 0.2) is 36.7 Å². The number of methoxy groups -OCH3 is 1. The second-order valence-electron chi connectivity index (χ2n) is 4.84.